The Morgan fingerprint density at radius 1 is 1.14 bits per heavy atom. The lowest BCUT2D eigenvalue weighted by Crippen LogP contribution is -2.44. The van der Waals surface area contributed by atoms with Crippen molar-refractivity contribution in [2.24, 2.45) is 5.92 Å². The van der Waals surface area contributed by atoms with Crippen LogP contribution in [0.2, 0.25) is 0 Å². The maximum Gasteiger partial charge on any atom is 0.243 e. The van der Waals surface area contributed by atoms with Gasteiger partial charge in [-0.1, -0.05) is 0 Å². The molecule has 116 valence electrons. The summed E-state index contributed by atoms with van der Waals surface area (Å²) in [4.78, 5) is 2.31. The third-order valence-corrected chi connectivity index (χ3v) is 6.01. The lowest BCUT2D eigenvalue weighted by atomic mass is 10.1. The van der Waals surface area contributed by atoms with Crippen molar-refractivity contribution in [2.75, 3.05) is 39.9 Å². The van der Waals surface area contributed by atoms with Gasteiger partial charge >= 0.3 is 0 Å². The summed E-state index contributed by atoms with van der Waals surface area (Å²) >= 11 is 0. The number of fused-ring (bicyclic) bond motifs is 3. The lowest BCUT2D eigenvalue weighted by Gasteiger charge is -2.29. The molecule has 2 bridgehead atoms. The highest BCUT2D eigenvalue weighted by Crippen LogP contribution is 2.24. The van der Waals surface area contributed by atoms with E-state index < -0.39 is 15.8 Å². The normalized spacial score (nSPS) is 28.3. The average molecular weight is 314 g/mol. The maximum atomic E-state index is 13.0. The quantitative estimate of drug-likeness (QED) is 0.809. The smallest absolute Gasteiger partial charge is 0.243 e. The molecule has 3 rings (SSSR count). The number of halogens is 1. The summed E-state index contributed by atoms with van der Waals surface area (Å²) in [6.45, 7) is 2.81. The zero-order chi connectivity index (χ0) is 15.0. The molecule has 0 saturated carbocycles. The summed E-state index contributed by atoms with van der Waals surface area (Å²) in [5.41, 5.74) is 0. The predicted molar refractivity (Wildman–Crippen MR) is 75.9 cm³/mol. The predicted octanol–water partition coefficient (Wildman–Crippen LogP) is 0.777. The number of rotatable bonds is 2. The SMILES string of the molecule is CN1C[C@H]2COC[C@@H]1CN(S(=O)(=O)c1ccc(F)cc1)C2. The summed E-state index contributed by atoms with van der Waals surface area (Å²) in [5, 5.41) is 0. The first kappa shape index (κ1) is 14.9. The van der Waals surface area contributed by atoms with Crippen LogP contribution in [0.5, 0.6) is 0 Å². The monoisotopic (exact) mass is 314 g/mol. The number of hydrogen-bond acceptors (Lipinski definition) is 4. The molecule has 0 aromatic heterocycles. The van der Waals surface area contributed by atoms with Crippen LogP contribution in [-0.2, 0) is 14.8 Å². The zero-order valence-corrected chi connectivity index (χ0v) is 12.7. The second-order valence-electron chi connectivity index (χ2n) is 5.77. The largest absolute Gasteiger partial charge is 0.379 e. The molecule has 0 amide bonds. The fourth-order valence-electron chi connectivity index (χ4n) is 2.96. The Hall–Kier alpha value is -1.02. The van der Waals surface area contributed by atoms with Gasteiger partial charge in [0, 0.05) is 31.6 Å². The lowest BCUT2D eigenvalue weighted by molar-refractivity contribution is 0.0727. The fourth-order valence-corrected chi connectivity index (χ4v) is 4.51. The third-order valence-electron chi connectivity index (χ3n) is 4.16. The van der Waals surface area contributed by atoms with E-state index >= 15 is 0 Å². The van der Waals surface area contributed by atoms with Gasteiger partial charge < -0.3 is 4.74 Å². The molecule has 7 heteroatoms. The molecule has 2 fully saturated rings. The summed E-state index contributed by atoms with van der Waals surface area (Å²) in [7, 11) is -1.58. The van der Waals surface area contributed by atoms with E-state index in [9.17, 15) is 12.8 Å². The molecule has 2 aliphatic heterocycles. The molecule has 2 saturated heterocycles. The van der Waals surface area contributed by atoms with Crippen molar-refractivity contribution < 1.29 is 17.5 Å². The van der Waals surface area contributed by atoms with E-state index in [0.717, 1.165) is 6.54 Å². The Bertz CT molecular complexity index is 605. The first-order chi connectivity index (χ1) is 9.96. The van der Waals surface area contributed by atoms with Gasteiger partial charge in [-0.15, -0.1) is 0 Å². The molecule has 0 spiro atoms. The Morgan fingerprint density at radius 2 is 1.86 bits per heavy atom. The summed E-state index contributed by atoms with van der Waals surface area (Å²) in [6.07, 6.45) is 0. The van der Waals surface area contributed by atoms with Gasteiger partial charge in [-0.2, -0.15) is 4.31 Å². The van der Waals surface area contributed by atoms with E-state index in [0.29, 0.717) is 26.3 Å². The highest BCUT2D eigenvalue weighted by atomic mass is 32.2. The van der Waals surface area contributed by atoms with Crippen LogP contribution in [-0.4, -0.2) is 63.6 Å². The van der Waals surface area contributed by atoms with Crippen LogP contribution < -0.4 is 0 Å². The first-order valence-electron chi connectivity index (χ1n) is 7.00. The number of benzene rings is 1. The van der Waals surface area contributed by atoms with Crippen LogP contribution in [0.3, 0.4) is 0 Å². The molecule has 1 aromatic carbocycles. The van der Waals surface area contributed by atoms with Crippen LogP contribution in [0.1, 0.15) is 0 Å². The second kappa shape index (κ2) is 5.64. The Labute approximate surface area is 124 Å². The number of sulfonamides is 1. The molecule has 1 aromatic rings. The molecule has 2 aliphatic rings. The summed E-state index contributed by atoms with van der Waals surface area (Å²) in [5.74, 6) is -0.271. The molecule has 0 N–H and O–H groups in total. The number of likely N-dealkylation sites (N-methyl/N-ethyl adjacent to an activating group) is 1. The van der Waals surface area contributed by atoms with E-state index in [1.54, 1.807) is 0 Å². The van der Waals surface area contributed by atoms with Gasteiger partial charge in [0.15, 0.2) is 0 Å². The van der Waals surface area contributed by atoms with Crippen LogP contribution in [0.15, 0.2) is 29.2 Å². The average Bonchev–Trinajstić information content (AvgIpc) is 2.67. The van der Waals surface area contributed by atoms with Gasteiger partial charge in [0.05, 0.1) is 18.1 Å². The number of ether oxygens (including phenoxy) is 1. The Morgan fingerprint density at radius 3 is 2.57 bits per heavy atom. The highest BCUT2D eigenvalue weighted by Gasteiger charge is 2.36. The molecule has 0 radical (unpaired) electrons. The van der Waals surface area contributed by atoms with E-state index in [4.69, 9.17) is 4.74 Å². The molecular weight excluding hydrogens is 295 g/mol. The van der Waals surface area contributed by atoms with Crippen molar-refractivity contribution >= 4 is 10.0 Å². The van der Waals surface area contributed by atoms with E-state index in [1.165, 1.54) is 28.6 Å². The number of nitrogens with zero attached hydrogens (tertiary/aromatic N) is 2. The minimum Gasteiger partial charge on any atom is -0.379 e. The second-order valence-corrected chi connectivity index (χ2v) is 7.71. The molecule has 0 aliphatic carbocycles. The molecule has 5 nitrogen and oxygen atoms in total. The van der Waals surface area contributed by atoms with Gasteiger partial charge in [-0.25, -0.2) is 12.8 Å². The third kappa shape index (κ3) is 2.96. The van der Waals surface area contributed by atoms with E-state index in [2.05, 4.69) is 4.90 Å². The topological polar surface area (TPSA) is 49.9 Å². The van der Waals surface area contributed by atoms with Crippen molar-refractivity contribution in [2.45, 2.75) is 10.9 Å². The summed E-state index contributed by atoms with van der Waals surface area (Å²) < 4.78 is 45.6. The Kier molecular flexibility index (Phi) is 4.00. The van der Waals surface area contributed by atoms with Crippen molar-refractivity contribution in [1.29, 1.82) is 0 Å². The van der Waals surface area contributed by atoms with Crippen LogP contribution >= 0.6 is 0 Å². The van der Waals surface area contributed by atoms with Crippen LogP contribution in [0.25, 0.3) is 0 Å². The van der Waals surface area contributed by atoms with Gasteiger partial charge in [0.2, 0.25) is 10.0 Å². The van der Waals surface area contributed by atoms with Gasteiger partial charge in [0.1, 0.15) is 5.82 Å². The fraction of sp³-hybridized carbons (Fsp3) is 0.571. The zero-order valence-electron chi connectivity index (χ0n) is 11.9. The standard InChI is InChI=1S/C14H19FN2O3S/c1-16-6-11-7-17(8-13(16)10-20-9-11)21(18,19)14-4-2-12(15)3-5-14/h2-5,11,13H,6-10H2,1H3/t11-,13+/m1/s1. The highest BCUT2D eigenvalue weighted by molar-refractivity contribution is 7.89. The molecule has 0 unspecified atom stereocenters. The van der Waals surface area contributed by atoms with Crippen molar-refractivity contribution in [3.63, 3.8) is 0 Å². The van der Waals surface area contributed by atoms with Gasteiger partial charge in [0.25, 0.3) is 0 Å². The van der Waals surface area contributed by atoms with E-state index in [1.807, 2.05) is 7.05 Å². The molecule has 2 heterocycles. The molecule has 2 atom stereocenters. The first-order valence-corrected chi connectivity index (χ1v) is 8.44. The van der Waals surface area contributed by atoms with Crippen molar-refractivity contribution in [3.8, 4) is 0 Å². The van der Waals surface area contributed by atoms with Gasteiger partial charge in [-0.05, 0) is 31.3 Å². The maximum absolute atomic E-state index is 13.0. The van der Waals surface area contributed by atoms with E-state index in [-0.39, 0.29) is 16.9 Å². The van der Waals surface area contributed by atoms with Crippen molar-refractivity contribution in [1.82, 2.24) is 9.21 Å². The van der Waals surface area contributed by atoms with Crippen LogP contribution in [0.4, 0.5) is 4.39 Å². The minimum atomic E-state index is -3.58. The minimum absolute atomic E-state index is 0.0627. The van der Waals surface area contributed by atoms with Gasteiger partial charge in [-0.3, -0.25) is 4.90 Å². The number of hydrogen-bond donors (Lipinski definition) is 0. The molecule has 21 heavy (non-hydrogen) atoms. The van der Waals surface area contributed by atoms with Crippen LogP contribution in [0, 0.1) is 11.7 Å². The summed E-state index contributed by atoms with van der Waals surface area (Å²) in [6, 6.07) is 5.08. The van der Waals surface area contributed by atoms with Crippen molar-refractivity contribution in [3.05, 3.63) is 30.1 Å². The Balaban J connectivity index is 1.90. The molecular formula is C14H19FN2O3S.